The molecule has 1 aliphatic rings. The number of halogens is 1. The molecule has 1 aliphatic heterocycles. The fourth-order valence-corrected chi connectivity index (χ4v) is 4.75. The molecule has 0 aliphatic carbocycles. The van der Waals surface area contributed by atoms with Crippen molar-refractivity contribution in [3.8, 4) is 11.5 Å². The van der Waals surface area contributed by atoms with Crippen molar-refractivity contribution in [3.63, 3.8) is 0 Å². The van der Waals surface area contributed by atoms with Gasteiger partial charge in [-0.3, -0.25) is 14.5 Å². The van der Waals surface area contributed by atoms with E-state index in [2.05, 4.69) is 30.7 Å². The number of H-pyrrole nitrogens is 1. The summed E-state index contributed by atoms with van der Waals surface area (Å²) in [5.41, 5.74) is 2.49. The number of aliphatic hydroxyl groups is 1. The van der Waals surface area contributed by atoms with Crippen LogP contribution in [0.2, 0.25) is 0 Å². The highest BCUT2D eigenvalue weighted by molar-refractivity contribution is 6.51. The van der Waals surface area contributed by atoms with Crippen molar-refractivity contribution in [1.82, 2.24) is 9.97 Å². The Bertz CT molecular complexity index is 1630. The second-order valence-electron chi connectivity index (χ2n) is 10.3. The number of carbonyl (C=O) groups excluding carboxylic acids is 2. The van der Waals surface area contributed by atoms with Crippen molar-refractivity contribution in [1.29, 1.82) is 0 Å². The van der Waals surface area contributed by atoms with Gasteiger partial charge in [-0.05, 0) is 52.9 Å². The first-order valence-corrected chi connectivity index (χ1v) is 12.3. The number of carbonyl (C=O) groups is 2. The Balaban J connectivity index is 1.72. The number of aromatic amines is 1. The van der Waals surface area contributed by atoms with Crippen LogP contribution in [0.1, 0.15) is 43.5 Å². The van der Waals surface area contributed by atoms with Crippen molar-refractivity contribution in [2.24, 2.45) is 0 Å². The summed E-state index contributed by atoms with van der Waals surface area (Å²) in [5, 5.41) is 11.5. The second kappa shape index (κ2) is 9.58. The maximum Gasteiger partial charge on any atom is 0.302 e. The lowest BCUT2D eigenvalue weighted by Gasteiger charge is -2.25. The van der Waals surface area contributed by atoms with Gasteiger partial charge < -0.3 is 19.6 Å². The monoisotopic (exact) mass is 529 g/mol. The number of ketones is 1. The number of aromatic nitrogens is 2. The van der Waals surface area contributed by atoms with E-state index in [0.29, 0.717) is 28.1 Å². The zero-order chi connectivity index (χ0) is 28.1. The molecule has 9 heteroatoms. The molecular weight excluding hydrogens is 501 g/mol. The molecule has 2 heterocycles. The van der Waals surface area contributed by atoms with Crippen LogP contribution in [0.15, 0.2) is 66.2 Å². The smallest absolute Gasteiger partial charge is 0.302 e. The Labute approximate surface area is 224 Å². The standard InChI is InChI=1S/C30H28FN3O5/c1-30(2,3)18-9-6-16(7-10-18)25-24(26(35)17-8-13-22(38-4)23(14-17)39-5)27(36)28(37)34(25)29-32-20-12-11-19(31)15-21(20)33-29/h6-15,25,35H,1-5H3,(H,32,33)/b26-24+. The molecular formula is C30H28FN3O5. The molecule has 0 bridgehead atoms. The van der Waals surface area contributed by atoms with Crippen molar-refractivity contribution in [2.75, 3.05) is 19.1 Å². The van der Waals surface area contributed by atoms with Crippen molar-refractivity contribution < 1.29 is 28.6 Å². The first-order chi connectivity index (χ1) is 18.5. The number of hydrogen-bond donors (Lipinski definition) is 2. The summed E-state index contributed by atoms with van der Waals surface area (Å²) in [6.45, 7) is 6.25. The summed E-state index contributed by atoms with van der Waals surface area (Å²) >= 11 is 0. The topological polar surface area (TPSA) is 105 Å². The number of methoxy groups -OCH3 is 2. The van der Waals surface area contributed by atoms with E-state index >= 15 is 0 Å². The molecule has 1 fully saturated rings. The van der Waals surface area contributed by atoms with Gasteiger partial charge in [0.2, 0.25) is 5.95 Å². The summed E-state index contributed by atoms with van der Waals surface area (Å²) in [7, 11) is 2.95. The van der Waals surface area contributed by atoms with Gasteiger partial charge >= 0.3 is 5.91 Å². The maximum atomic E-state index is 13.9. The van der Waals surface area contributed by atoms with E-state index in [4.69, 9.17) is 9.47 Å². The fraction of sp³-hybridized carbons (Fsp3) is 0.233. The second-order valence-corrected chi connectivity index (χ2v) is 10.3. The first-order valence-electron chi connectivity index (χ1n) is 12.3. The van der Waals surface area contributed by atoms with Gasteiger partial charge in [0.25, 0.3) is 5.78 Å². The van der Waals surface area contributed by atoms with Crippen molar-refractivity contribution in [3.05, 3.63) is 88.7 Å². The summed E-state index contributed by atoms with van der Waals surface area (Å²) in [6.07, 6.45) is 0. The molecule has 0 radical (unpaired) electrons. The average molecular weight is 530 g/mol. The van der Waals surface area contributed by atoms with Crippen LogP contribution >= 0.6 is 0 Å². The van der Waals surface area contributed by atoms with Crippen LogP contribution in [-0.2, 0) is 15.0 Å². The summed E-state index contributed by atoms with van der Waals surface area (Å²) < 4.78 is 24.5. The average Bonchev–Trinajstić information content (AvgIpc) is 3.44. The molecule has 1 aromatic heterocycles. The molecule has 4 aromatic rings. The molecule has 39 heavy (non-hydrogen) atoms. The Morgan fingerprint density at radius 2 is 1.67 bits per heavy atom. The van der Waals surface area contributed by atoms with E-state index in [-0.39, 0.29) is 28.3 Å². The van der Waals surface area contributed by atoms with E-state index in [1.165, 1.54) is 43.4 Å². The highest BCUT2D eigenvalue weighted by Crippen LogP contribution is 2.43. The van der Waals surface area contributed by atoms with Crippen LogP contribution < -0.4 is 14.4 Å². The number of nitrogens with one attached hydrogen (secondary N) is 1. The van der Waals surface area contributed by atoms with Gasteiger partial charge in [-0.15, -0.1) is 0 Å². The zero-order valence-electron chi connectivity index (χ0n) is 22.2. The molecule has 0 spiro atoms. The first kappa shape index (κ1) is 26.0. The number of nitrogens with zero attached hydrogens (tertiary/aromatic N) is 2. The fourth-order valence-electron chi connectivity index (χ4n) is 4.75. The molecule has 8 nitrogen and oxygen atoms in total. The third-order valence-corrected chi connectivity index (χ3v) is 6.85. The molecule has 3 aromatic carbocycles. The molecule has 1 amide bonds. The molecule has 1 unspecified atom stereocenters. The van der Waals surface area contributed by atoms with Gasteiger partial charge in [0.1, 0.15) is 11.6 Å². The Hall–Kier alpha value is -4.66. The predicted octanol–water partition coefficient (Wildman–Crippen LogP) is 5.64. The molecule has 200 valence electrons. The number of Topliss-reactive ketones (excluding diaryl/α,β-unsaturated/α-hetero) is 1. The van der Waals surface area contributed by atoms with Gasteiger partial charge in [0.05, 0.1) is 36.9 Å². The molecule has 0 saturated carbocycles. The Morgan fingerprint density at radius 3 is 2.31 bits per heavy atom. The number of imidazole rings is 1. The number of benzene rings is 3. The zero-order valence-corrected chi connectivity index (χ0v) is 22.2. The normalized spacial score (nSPS) is 17.2. The number of amides is 1. The van der Waals surface area contributed by atoms with Crippen LogP contribution in [-0.4, -0.2) is 41.0 Å². The van der Waals surface area contributed by atoms with Crippen LogP contribution in [0, 0.1) is 5.82 Å². The minimum atomic E-state index is -1.00. The number of hydrogen-bond acceptors (Lipinski definition) is 6. The van der Waals surface area contributed by atoms with Gasteiger partial charge in [0, 0.05) is 5.56 Å². The van der Waals surface area contributed by atoms with Crippen LogP contribution in [0.4, 0.5) is 10.3 Å². The lowest BCUT2D eigenvalue weighted by molar-refractivity contribution is -0.132. The Kier molecular flexibility index (Phi) is 6.38. The SMILES string of the molecule is COc1ccc(/C(O)=C2\C(=O)C(=O)N(c3nc4ccc(F)cc4[nH]3)C2c2ccc(C(C)(C)C)cc2)cc1OC. The number of anilines is 1. The highest BCUT2D eigenvalue weighted by Gasteiger charge is 2.48. The van der Waals surface area contributed by atoms with Crippen molar-refractivity contribution in [2.45, 2.75) is 32.2 Å². The van der Waals surface area contributed by atoms with Crippen LogP contribution in [0.5, 0.6) is 11.5 Å². The van der Waals surface area contributed by atoms with E-state index in [0.717, 1.165) is 5.56 Å². The van der Waals surface area contributed by atoms with E-state index in [1.807, 2.05) is 24.3 Å². The summed E-state index contributed by atoms with van der Waals surface area (Å²) in [4.78, 5) is 35.6. The van der Waals surface area contributed by atoms with Crippen molar-refractivity contribution >= 4 is 34.4 Å². The lowest BCUT2D eigenvalue weighted by Crippen LogP contribution is -2.30. The number of ether oxygens (including phenoxy) is 2. The third kappa shape index (κ3) is 4.50. The molecule has 1 saturated heterocycles. The van der Waals surface area contributed by atoms with Crippen LogP contribution in [0.3, 0.4) is 0 Å². The minimum absolute atomic E-state index is 0.0639. The molecule has 5 rings (SSSR count). The van der Waals surface area contributed by atoms with Crippen LogP contribution in [0.25, 0.3) is 16.8 Å². The number of fused-ring (bicyclic) bond motifs is 1. The minimum Gasteiger partial charge on any atom is -0.507 e. The highest BCUT2D eigenvalue weighted by atomic mass is 19.1. The van der Waals surface area contributed by atoms with E-state index < -0.39 is 23.5 Å². The Morgan fingerprint density at radius 1 is 0.974 bits per heavy atom. The summed E-state index contributed by atoms with van der Waals surface area (Å²) in [5.74, 6) is -1.74. The van der Waals surface area contributed by atoms with E-state index in [9.17, 15) is 19.1 Å². The summed E-state index contributed by atoms with van der Waals surface area (Å²) in [6, 6.07) is 15.2. The lowest BCUT2D eigenvalue weighted by atomic mass is 9.85. The molecule has 2 N–H and O–H groups in total. The van der Waals surface area contributed by atoms with Gasteiger partial charge in [-0.25, -0.2) is 9.37 Å². The van der Waals surface area contributed by atoms with Gasteiger partial charge in [-0.1, -0.05) is 45.0 Å². The largest absolute Gasteiger partial charge is 0.507 e. The number of aliphatic hydroxyl groups excluding tert-OH is 1. The van der Waals surface area contributed by atoms with Gasteiger partial charge in [-0.2, -0.15) is 0 Å². The number of rotatable bonds is 5. The molecule has 1 atom stereocenters. The van der Waals surface area contributed by atoms with Gasteiger partial charge in [0.15, 0.2) is 11.5 Å². The maximum absolute atomic E-state index is 13.9. The predicted molar refractivity (Wildman–Crippen MR) is 146 cm³/mol. The third-order valence-electron chi connectivity index (χ3n) is 6.85. The quantitative estimate of drug-likeness (QED) is 0.197. The van der Waals surface area contributed by atoms with E-state index in [1.54, 1.807) is 12.1 Å².